The lowest BCUT2D eigenvalue weighted by atomic mass is 10.0. The van der Waals surface area contributed by atoms with Gasteiger partial charge in [-0.25, -0.2) is 4.79 Å². The SMILES string of the molecule is O=C(Oc1ccc2ccccc2c1C=Nc1ccccc1O)c1cccc([N+](=O)[O-])c1. The van der Waals surface area contributed by atoms with Crippen LogP contribution < -0.4 is 4.74 Å². The molecule has 0 radical (unpaired) electrons. The molecule has 0 saturated carbocycles. The zero-order valence-electron chi connectivity index (χ0n) is 16.1. The van der Waals surface area contributed by atoms with E-state index in [2.05, 4.69) is 4.99 Å². The molecule has 4 aromatic carbocycles. The van der Waals surface area contributed by atoms with Gasteiger partial charge < -0.3 is 9.84 Å². The van der Waals surface area contributed by atoms with E-state index in [4.69, 9.17) is 4.74 Å². The minimum absolute atomic E-state index is 0.0223. The summed E-state index contributed by atoms with van der Waals surface area (Å²) < 4.78 is 5.58. The first-order chi connectivity index (χ1) is 15.0. The van der Waals surface area contributed by atoms with Gasteiger partial charge in [-0.2, -0.15) is 0 Å². The van der Waals surface area contributed by atoms with Crippen LogP contribution in [0, 0.1) is 10.1 Å². The summed E-state index contributed by atoms with van der Waals surface area (Å²) in [7, 11) is 0. The number of hydrogen-bond acceptors (Lipinski definition) is 6. The smallest absolute Gasteiger partial charge is 0.343 e. The van der Waals surface area contributed by atoms with Crippen LogP contribution in [0.25, 0.3) is 10.8 Å². The fraction of sp³-hybridized carbons (Fsp3) is 0. The molecule has 7 nitrogen and oxygen atoms in total. The van der Waals surface area contributed by atoms with Crippen molar-refractivity contribution in [3.05, 3.63) is 106 Å². The third-order valence-corrected chi connectivity index (χ3v) is 4.64. The third-order valence-electron chi connectivity index (χ3n) is 4.64. The number of ether oxygens (including phenoxy) is 1. The predicted molar refractivity (Wildman–Crippen MR) is 117 cm³/mol. The number of benzene rings is 4. The summed E-state index contributed by atoms with van der Waals surface area (Å²) in [6, 6.07) is 22.9. The maximum atomic E-state index is 12.7. The molecule has 0 amide bonds. The number of aliphatic imine (C=N–C) groups is 1. The summed E-state index contributed by atoms with van der Waals surface area (Å²) in [4.78, 5) is 27.5. The van der Waals surface area contributed by atoms with Crippen LogP contribution in [0.5, 0.6) is 11.5 Å². The number of aromatic hydroxyl groups is 1. The van der Waals surface area contributed by atoms with Crippen molar-refractivity contribution in [3.63, 3.8) is 0 Å². The van der Waals surface area contributed by atoms with E-state index in [0.29, 0.717) is 11.3 Å². The van der Waals surface area contributed by atoms with Gasteiger partial charge in [-0.05, 0) is 35.0 Å². The second-order valence-corrected chi connectivity index (χ2v) is 6.64. The molecule has 0 bridgehead atoms. The number of rotatable bonds is 5. The van der Waals surface area contributed by atoms with Crippen molar-refractivity contribution >= 4 is 34.3 Å². The molecule has 4 aromatic rings. The number of hydrogen-bond donors (Lipinski definition) is 1. The Bertz CT molecular complexity index is 1330. The van der Waals surface area contributed by atoms with Crippen LogP contribution in [-0.4, -0.2) is 22.2 Å². The molecule has 4 rings (SSSR count). The number of fused-ring (bicyclic) bond motifs is 1. The van der Waals surface area contributed by atoms with E-state index in [0.717, 1.165) is 10.8 Å². The Kier molecular flexibility index (Phi) is 5.40. The average molecular weight is 412 g/mol. The van der Waals surface area contributed by atoms with Crippen LogP contribution in [-0.2, 0) is 0 Å². The Hall–Kier alpha value is -4.52. The van der Waals surface area contributed by atoms with Crippen LogP contribution in [0.3, 0.4) is 0 Å². The van der Waals surface area contributed by atoms with Gasteiger partial charge in [0, 0.05) is 23.9 Å². The van der Waals surface area contributed by atoms with E-state index in [1.165, 1.54) is 36.5 Å². The Morgan fingerprint density at radius 3 is 2.55 bits per heavy atom. The highest BCUT2D eigenvalue weighted by molar-refractivity contribution is 6.04. The number of carbonyl (C=O) groups is 1. The zero-order chi connectivity index (χ0) is 21.8. The zero-order valence-corrected chi connectivity index (χ0v) is 16.1. The Morgan fingerprint density at radius 2 is 1.74 bits per heavy atom. The fourth-order valence-corrected chi connectivity index (χ4v) is 3.11. The maximum Gasteiger partial charge on any atom is 0.343 e. The number of non-ortho nitro benzene ring substituents is 1. The van der Waals surface area contributed by atoms with Crippen LogP contribution in [0.1, 0.15) is 15.9 Å². The molecular weight excluding hydrogens is 396 g/mol. The van der Waals surface area contributed by atoms with Crippen molar-refractivity contribution in [1.82, 2.24) is 0 Å². The standard InChI is InChI=1S/C24H16N2O5/c27-22-11-4-3-10-21(22)25-15-20-19-9-2-1-6-16(19)12-13-23(20)31-24(28)17-7-5-8-18(14-17)26(29)30/h1-15,27H. The second kappa shape index (κ2) is 8.46. The van der Waals surface area contributed by atoms with Crippen molar-refractivity contribution < 1.29 is 19.6 Å². The van der Waals surface area contributed by atoms with E-state index >= 15 is 0 Å². The molecule has 0 spiro atoms. The summed E-state index contributed by atoms with van der Waals surface area (Å²) in [5.41, 5.74) is 0.770. The number of nitrogens with zero attached hydrogens (tertiary/aromatic N) is 2. The minimum Gasteiger partial charge on any atom is -0.506 e. The largest absolute Gasteiger partial charge is 0.506 e. The summed E-state index contributed by atoms with van der Waals surface area (Å²) in [6.45, 7) is 0. The summed E-state index contributed by atoms with van der Waals surface area (Å²) in [6.07, 6.45) is 1.52. The number of nitro benzene ring substituents is 1. The first-order valence-electron chi connectivity index (χ1n) is 9.33. The van der Waals surface area contributed by atoms with Crippen LogP contribution in [0.2, 0.25) is 0 Å². The molecule has 31 heavy (non-hydrogen) atoms. The highest BCUT2D eigenvalue weighted by atomic mass is 16.6. The van der Waals surface area contributed by atoms with Crippen molar-refractivity contribution in [2.24, 2.45) is 4.99 Å². The lowest BCUT2D eigenvalue weighted by Crippen LogP contribution is -2.10. The van der Waals surface area contributed by atoms with Crippen molar-refractivity contribution in [3.8, 4) is 11.5 Å². The van der Waals surface area contributed by atoms with Gasteiger partial charge in [0.25, 0.3) is 5.69 Å². The molecule has 0 saturated heterocycles. The van der Waals surface area contributed by atoms with Crippen molar-refractivity contribution in [2.45, 2.75) is 0 Å². The van der Waals surface area contributed by atoms with E-state index in [-0.39, 0.29) is 22.7 Å². The Balaban J connectivity index is 1.75. The molecule has 0 heterocycles. The lowest BCUT2D eigenvalue weighted by Gasteiger charge is -2.10. The monoisotopic (exact) mass is 412 g/mol. The third kappa shape index (κ3) is 4.25. The molecule has 0 aliphatic rings. The molecule has 0 atom stereocenters. The molecule has 7 heteroatoms. The van der Waals surface area contributed by atoms with Gasteiger partial charge in [0.1, 0.15) is 17.2 Å². The first kappa shape index (κ1) is 19.8. The number of esters is 1. The number of nitro groups is 1. The van der Waals surface area contributed by atoms with Crippen LogP contribution in [0.4, 0.5) is 11.4 Å². The first-order valence-corrected chi connectivity index (χ1v) is 9.33. The van der Waals surface area contributed by atoms with Crippen LogP contribution in [0.15, 0.2) is 89.9 Å². The second-order valence-electron chi connectivity index (χ2n) is 6.64. The number of para-hydroxylation sites is 2. The normalized spacial score (nSPS) is 11.0. The summed E-state index contributed by atoms with van der Waals surface area (Å²) >= 11 is 0. The number of carbonyl (C=O) groups excluding carboxylic acids is 1. The van der Waals surface area contributed by atoms with E-state index < -0.39 is 10.9 Å². The molecule has 0 fully saturated rings. The van der Waals surface area contributed by atoms with E-state index in [1.54, 1.807) is 24.3 Å². The highest BCUT2D eigenvalue weighted by Crippen LogP contribution is 2.30. The van der Waals surface area contributed by atoms with Gasteiger partial charge >= 0.3 is 5.97 Å². The molecule has 0 unspecified atom stereocenters. The topological polar surface area (TPSA) is 102 Å². The minimum atomic E-state index is -0.726. The highest BCUT2D eigenvalue weighted by Gasteiger charge is 2.16. The van der Waals surface area contributed by atoms with E-state index in [9.17, 15) is 20.0 Å². The lowest BCUT2D eigenvalue weighted by molar-refractivity contribution is -0.384. The van der Waals surface area contributed by atoms with Gasteiger partial charge in [0.15, 0.2) is 0 Å². The van der Waals surface area contributed by atoms with Gasteiger partial charge in [0.2, 0.25) is 0 Å². The summed E-state index contributed by atoms with van der Waals surface area (Å²) in [5, 5.41) is 22.7. The van der Waals surface area contributed by atoms with Crippen molar-refractivity contribution in [2.75, 3.05) is 0 Å². The number of phenolic OH excluding ortho intramolecular Hbond substituents is 1. The Morgan fingerprint density at radius 1 is 0.968 bits per heavy atom. The summed E-state index contributed by atoms with van der Waals surface area (Å²) in [5.74, 6) is -0.459. The molecule has 0 aliphatic heterocycles. The molecular formula is C24H16N2O5. The molecule has 0 aromatic heterocycles. The number of phenols is 1. The van der Waals surface area contributed by atoms with E-state index in [1.807, 2.05) is 30.3 Å². The Labute approximate surface area is 177 Å². The maximum absolute atomic E-state index is 12.7. The molecule has 152 valence electrons. The van der Waals surface area contributed by atoms with Gasteiger partial charge in [-0.1, -0.05) is 48.5 Å². The van der Waals surface area contributed by atoms with Gasteiger partial charge in [-0.15, -0.1) is 0 Å². The molecule has 1 N–H and O–H groups in total. The van der Waals surface area contributed by atoms with Gasteiger partial charge in [-0.3, -0.25) is 15.1 Å². The van der Waals surface area contributed by atoms with Crippen LogP contribution >= 0.6 is 0 Å². The van der Waals surface area contributed by atoms with Gasteiger partial charge in [0.05, 0.1) is 10.5 Å². The molecule has 0 aliphatic carbocycles. The average Bonchev–Trinajstić information content (AvgIpc) is 2.79. The fourth-order valence-electron chi connectivity index (χ4n) is 3.11. The van der Waals surface area contributed by atoms with Crippen molar-refractivity contribution in [1.29, 1.82) is 0 Å². The predicted octanol–water partition coefficient (Wildman–Crippen LogP) is 5.42. The quantitative estimate of drug-likeness (QED) is 0.155.